The first-order chi connectivity index (χ1) is 6.70. The Hall–Kier alpha value is 0.0500. The standard InChI is InChI=1S/C12H25NS/c1-5-9-14-10-12(13-6-2)8-7-11(3)4/h12-13H,3,5-10H2,1-2,4H3. The Morgan fingerprint density at radius 3 is 2.64 bits per heavy atom. The molecule has 0 bridgehead atoms. The predicted molar refractivity (Wildman–Crippen MR) is 69.1 cm³/mol. The van der Waals surface area contributed by atoms with Crippen molar-refractivity contribution in [3.05, 3.63) is 12.2 Å². The number of hydrogen-bond acceptors (Lipinski definition) is 2. The van der Waals surface area contributed by atoms with Crippen LogP contribution < -0.4 is 5.32 Å². The van der Waals surface area contributed by atoms with Crippen LogP contribution in [0.5, 0.6) is 0 Å². The van der Waals surface area contributed by atoms with Gasteiger partial charge in [-0.1, -0.05) is 19.4 Å². The Kier molecular flexibility index (Phi) is 9.63. The molecule has 0 aliphatic rings. The van der Waals surface area contributed by atoms with Crippen molar-refractivity contribution in [3.63, 3.8) is 0 Å². The molecular weight excluding hydrogens is 190 g/mol. The maximum atomic E-state index is 3.95. The zero-order valence-electron chi connectivity index (χ0n) is 9.94. The van der Waals surface area contributed by atoms with E-state index in [0.717, 1.165) is 13.0 Å². The largest absolute Gasteiger partial charge is 0.313 e. The molecule has 0 saturated carbocycles. The fourth-order valence-corrected chi connectivity index (χ4v) is 2.35. The SMILES string of the molecule is C=C(C)CCC(CSCCC)NCC. The molecule has 0 aromatic carbocycles. The summed E-state index contributed by atoms with van der Waals surface area (Å²) in [5, 5.41) is 3.53. The van der Waals surface area contributed by atoms with E-state index in [9.17, 15) is 0 Å². The highest BCUT2D eigenvalue weighted by molar-refractivity contribution is 7.99. The molecule has 0 fully saturated rings. The summed E-state index contributed by atoms with van der Waals surface area (Å²) in [6, 6.07) is 0.674. The second-order valence-corrected chi connectivity index (χ2v) is 4.98. The van der Waals surface area contributed by atoms with Gasteiger partial charge in [-0.2, -0.15) is 11.8 Å². The van der Waals surface area contributed by atoms with Crippen LogP contribution in [0.1, 0.15) is 40.0 Å². The van der Waals surface area contributed by atoms with E-state index in [1.54, 1.807) is 0 Å². The van der Waals surface area contributed by atoms with Gasteiger partial charge < -0.3 is 5.32 Å². The number of nitrogens with one attached hydrogen (secondary N) is 1. The lowest BCUT2D eigenvalue weighted by molar-refractivity contribution is 0.537. The molecule has 0 spiro atoms. The van der Waals surface area contributed by atoms with Gasteiger partial charge in [-0.25, -0.2) is 0 Å². The Balaban J connectivity index is 3.59. The van der Waals surface area contributed by atoms with E-state index in [0.29, 0.717) is 6.04 Å². The van der Waals surface area contributed by atoms with Gasteiger partial charge in [-0.15, -0.1) is 6.58 Å². The third-order valence-corrected chi connectivity index (χ3v) is 3.41. The maximum Gasteiger partial charge on any atom is 0.0161 e. The van der Waals surface area contributed by atoms with E-state index in [-0.39, 0.29) is 0 Å². The smallest absolute Gasteiger partial charge is 0.0161 e. The molecule has 0 rings (SSSR count). The normalized spacial score (nSPS) is 12.8. The minimum Gasteiger partial charge on any atom is -0.313 e. The Morgan fingerprint density at radius 1 is 1.43 bits per heavy atom. The Labute approximate surface area is 93.7 Å². The van der Waals surface area contributed by atoms with E-state index >= 15 is 0 Å². The van der Waals surface area contributed by atoms with Gasteiger partial charge in [0.2, 0.25) is 0 Å². The molecule has 0 amide bonds. The minimum atomic E-state index is 0.674. The van der Waals surface area contributed by atoms with Gasteiger partial charge in [0.1, 0.15) is 0 Å². The average Bonchev–Trinajstić information content (AvgIpc) is 2.14. The zero-order valence-corrected chi connectivity index (χ0v) is 10.8. The second kappa shape index (κ2) is 9.60. The van der Waals surface area contributed by atoms with Gasteiger partial charge in [0.05, 0.1) is 0 Å². The number of thioether (sulfide) groups is 1. The van der Waals surface area contributed by atoms with Crippen molar-refractivity contribution in [1.82, 2.24) is 5.32 Å². The highest BCUT2D eigenvalue weighted by Crippen LogP contribution is 2.11. The molecule has 2 heteroatoms. The number of allylic oxidation sites excluding steroid dienone is 1. The molecule has 0 saturated heterocycles. The van der Waals surface area contributed by atoms with Gasteiger partial charge in [0.15, 0.2) is 0 Å². The van der Waals surface area contributed by atoms with E-state index in [4.69, 9.17) is 0 Å². The quantitative estimate of drug-likeness (QED) is 0.467. The third kappa shape index (κ3) is 8.64. The van der Waals surface area contributed by atoms with E-state index in [1.807, 2.05) is 0 Å². The number of rotatable bonds is 9. The van der Waals surface area contributed by atoms with Gasteiger partial charge >= 0.3 is 0 Å². The third-order valence-electron chi connectivity index (χ3n) is 2.08. The summed E-state index contributed by atoms with van der Waals surface area (Å²) in [4.78, 5) is 0. The van der Waals surface area contributed by atoms with Crippen LogP contribution in [-0.4, -0.2) is 24.1 Å². The second-order valence-electron chi connectivity index (χ2n) is 3.83. The van der Waals surface area contributed by atoms with Crippen molar-refractivity contribution in [1.29, 1.82) is 0 Å². The summed E-state index contributed by atoms with van der Waals surface area (Å²) in [6.45, 7) is 11.6. The van der Waals surface area contributed by atoms with Crippen LogP contribution in [0.2, 0.25) is 0 Å². The van der Waals surface area contributed by atoms with Crippen molar-refractivity contribution in [3.8, 4) is 0 Å². The molecule has 84 valence electrons. The maximum absolute atomic E-state index is 3.95. The van der Waals surface area contributed by atoms with Gasteiger partial charge in [-0.05, 0) is 38.5 Å². The van der Waals surface area contributed by atoms with E-state index < -0.39 is 0 Å². The fourth-order valence-electron chi connectivity index (χ4n) is 1.32. The molecule has 1 atom stereocenters. The first-order valence-electron chi connectivity index (χ1n) is 5.66. The average molecular weight is 215 g/mol. The minimum absolute atomic E-state index is 0.674. The van der Waals surface area contributed by atoms with E-state index in [1.165, 1.54) is 29.9 Å². The summed E-state index contributed by atoms with van der Waals surface area (Å²) in [5.74, 6) is 2.53. The zero-order chi connectivity index (χ0) is 10.8. The van der Waals surface area contributed by atoms with Crippen molar-refractivity contribution in [2.24, 2.45) is 0 Å². The molecule has 1 N–H and O–H groups in total. The first-order valence-corrected chi connectivity index (χ1v) is 6.81. The van der Waals surface area contributed by atoms with Gasteiger partial charge in [0.25, 0.3) is 0 Å². The summed E-state index contributed by atoms with van der Waals surface area (Å²) < 4.78 is 0. The molecule has 0 radical (unpaired) electrons. The first kappa shape index (κ1) is 14.1. The highest BCUT2D eigenvalue weighted by atomic mass is 32.2. The topological polar surface area (TPSA) is 12.0 Å². The molecule has 0 heterocycles. The van der Waals surface area contributed by atoms with Crippen LogP contribution in [-0.2, 0) is 0 Å². The Bertz CT molecular complexity index is 145. The molecule has 0 aliphatic heterocycles. The molecule has 0 aliphatic carbocycles. The Morgan fingerprint density at radius 2 is 2.14 bits per heavy atom. The van der Waals surface area contributed by atoms with Crippen LogP contribution in [0.25, 0.3) is 0 Å². The summed E-state index contributed by atoms with van der Waals surface area (Å²) >= 11 is 2.06. The van der Waals surface area contributed by atoms with Crippen molar-refractivity contribution in [2.45, 2.75) is 46.1 Å². The lowest BCUT2D eigenvalue weighted by Gasteiger charge is -2.17. The molecule has 1 nitrogen and oxygen atoms in total. The van der Waals surface area contributed by atoms with Gasteiger partial charge in [0, 0.05) is 11.8 Å². The molecule has 0 aromatic rings. The molecule has 14 heavy (non-hydrogen) atoms. The fraction of sp³-hybridized carbons (Fsp3) is 0.833. The molecule has 0 aromatic heterocycles. The predicted octanol–water partition coefficient (Wildman–Crippen LogP) is 3.46. The van der Waals surface area contributed by atoms with Crippen molar-refractivity contribution < 1.29 is 0 Å². The summed E-state index contributed by atoms with van der Waals surface area (Å²) in [5.41, 5.74) is 1.30. The number of hydrogen-bond donors (Lipinski definition) is 1. The van der Waals surface area contributed by atoms with Crippen molar-refractivity contribution in [2.75, 3.05) is 18.1 Å². The van der Waals surface area contributed by atoms with E-state index in [2.05, 4.69) is 44.4 Å². The lowest BCUT2D eigenvalue weighted by Crippen LogP contribution is -2.31. The van der Waals surface area contributed by atoms with Crippen LogP contribution in [0, 0.1) is 0 Å². The molecule has 1 unspecified atom stereocenters. The summed E-state index contributed by atoms with van der Waals surface area (Å²) in [7, 11) is 0. The highest BCUT2D eigenvalue weighted by Gasteiger charge is 2.06. The molecular formula is C12H25NS. The van der Waals surface area contributed by atoms with Crippen LogP contribution >= 0.6 is 11.8 Å². The van der Waals surface area contributed by atoms with Gasteiger partial charge in [-0.3, -0.25) is 0 Å². The van der Waals surface area contributed by atoms with Crippen LogP contribution in [0.15, 0.2) is 12.2 Å². The van der Waals surface area contributed by atoms with Crippen molar-refractivity contribution >= 4 is 11.8 Å². The summed E-state index contributed by atoms with van der Waals surface area (Å²) in [6.07, 6.45) is 3.67. The van der Waals surface area contributed by atoms with Crippen LogP contribution in [0.3, 0.4) is 0 Å². The lowest BCUT2D eigenvalue weighted by atomic mass is 10.1. The monoisotopic (exact) mass is 215 g/mol. The van der Waals surface area contributed by atoms with Crippen LogP contribution in [0.4, 0.5) is 0 Å².